The van der Waals surface area contributed by atoms with Crippen molar-refractivity contribution in [3.8, 4) is 0 Å². The number of hydrogen-bond donors (Lipinski definition) is 0. The molecule has 6 nitrogen and oxygen atoms in total. The average Bonchev–Trinajstić information content (AvgIpc) is 2.48. The van der Waals surface area contributed by atoms with Gasteiger partial charge >= 0.3 is 6.03 Å². The van der Waals surface area contributed by atoms with E-state index in [2.05, 4.69) is 14.9 Å². The number of carbonyl (C=O) groups is 1. The van der Waals surface area contributed by atoms with Gasteiger partial charge in [-0.25, -0.2) is 14.8 Å². The van der Waals surface area contributed by atoms with Gasteiger partial charge in [0, 0.05) is 64.8 Å². The van der Waals surface area contributed by atoms with Crippen molar-refractivity contribution in [3.63, 3.8) is 0 Å². The van der Waals surface area contributed by atoms with E-state index in [1.165, 1.54) is 0 Å². The van der Waals surface area contributed by atoms with Crippen molar-refractivity contribution in [3.05, 3.63) is 18.0 Å². The molecule has 110 valence electrons. The van der Waals surface area contributed by atoms with E-state index in [1.807, 2.05) is 23.5 Å². The van der Waals surface area contributed by atoms with Gasteiger partial charge in [0.05, 0.1) is 0 Å². The molecule has 0 saturated carbocycles. The molecule has 1 aliphatic heterocycles. The molecular weight excluding hydrogens is 274 g/mol. The SMILES string of the molecule is CSc1ncc(CN2CCN(C(=O)N(C)C)CC2)cn1. The zero-order valence-electron chi connectivity index (χ0n) is 12.2. The topological polar surface area (TPSA) is 52.6 Å². The largest absolute Gasteiger partial charge is 0.331 e. The Kier molecular flexibility index (Phi) is 5.19. The summed E-state index contributed by atoms with van der Waals surface area (Å²) in [7, 11) is 3.58. The van der Waals surface area contributed by atoms with Crippen LogP contribution in [0.1, 0.15) is 5.56 Å². The predicted molar refractivity (Wildman–Crippen MR) is 79.7 cm³/mol. The highest BCUT2D eigenvalue weighted by atomic mass is 32.2. The van der Waals surface area contributed by atoms with Crippen LogP contribution in [-0.2, 0) is 6.54 Å². The van der Waals surface area contributed by atoms with Crippen molar-refractivity contribution in [1.82, 2.24) is 24.7 Å². The van der Waals surface area contributed by atoms with Crippen LogP contribution in [0.5, 0.6) is 0 Å². The number of nitrogens with zero attached hydrogens (tertiary/aromatic N) is 5. The Balaban J connectivity index is 1.83. The first-order chi connectivity index (χ1) is 9.60. The highest BCUT2D eigenvalue weighted by molar-refractivity contribution is 7.98. The Morgan fingerprint density at radius 3 is 2.35 bits per heavy atom. The molecule has 20 heavy (non-hydrogen) atoms. The average molecular weight is 295 g/mol. The number of piperazine rings is 1. The Bertz CT molecular complexity index is 443. The molecule has 1 saturated heterocycles. The quantitative estimate of drug-likeness (QED) is 0.615. The molecule has 0 aromatic carbocycles. The van der Waals surface area contributed by atoms with Crippen molar-refractivity contribution < 1.29 is 4.79 Å². The van der Waals surface area contributed by atoms with E-state index in [-0.39, 0.29) is 6.03 Å². The van der Waals surface area contributed by atoms with Crippen LogP contribution in [0.3, 0.4) is 0 Å². The number of amides is 2. The van der Waals surface area contributed by atoms with Crippen molar-refractivity contribution in [2.75, 3.05) is 46.5 Å². The number of hydrogen-bond acceptors (Lipinski definition) is 5. The smallest absolute Gasteiger partial charge is 0.319 e. The number of carbonyl (C=O) groups excluding carboxylic acids is 1. The summed E-state index contributed by atoms with van der Waals surface area (Å²) in [6.45, 7) is 4.19. The summed E-state index contributed by atoms with van der Waals surface area (Å²) < 4.78 is 0. The third kappa shape index (κ3) is 3.83. The minimum Gasteiger partial charge on any atom is -0.331 e. The first-order valence-electron chi connectivity index (χ1n) is 6.63. The lowest BCUT2D eigenvalue weighted by Gasteiger charge is -2.35. The molecule has 2 rings (SSSR count). The number of urea groups is 1. The summed E-state index contributed by atoms with van der Waals surface area (Å²) in [5.41, 5.74) is 1.12. The second kappa shape index (κ2) is 6.90. The minimum absolute atomic E-state index is 0.0947. The summed E-state index contributed by atoms with van der Waals surface area (Å²) in [6.07, 6.45) is 5.74. The van der Waals surface area contributed by atoms with E-state index in [1.54, 1.807) is 30.8 Å². The molecule has 2 amide bonds. The van der Waals surface area contributed by atoms with Gasteiger partial charge in [0.25, 0.3) is 0 Å². The number of rotatable bonds is 3. The monoisotopic (exact) mass is 295 g/mol. The van der Waals surface area contributed by atoms with E-state index in [4.69, 9.17) is 0 Å². The Morgan fingerprint density at radius 1 is 1.25 bits per heavy atom. The summed E-state index contributed by atoms with van der Waals surface area (Å²) >= 11 is 1.55. The third-order valence-corrected chi connectivity index (χ3v) is 3.87. The molecule has 1 aromatic rings. The van der Waals surface area contributed by atoms with Crippen LogP contribution in [0, 0.1) is 0 Å². The number of thioether (sulfide) groups is 1. The molecule has 0 spiro atoms. The Labute approximate surface area is 124 Å². The number of aromatic nitrogens is 2. The molecular formula is C13H21N5OS. The van der Waals surface area contributed by atoms with Crippen LogP contribution in [0.2, 0.25) is 0 Å². The van der Waals surface area contributed by atoms with Crippen LogP contribution in [0.4, 0.5) is 4.79 Å². The van der Waals surface area contributed by atoms with E-state index >= 15 is 0 Å². The van der Waals surface area contributed by atoms with Gasteiger partial charge in [-0.3, -0.25) is 4.90 Å². The fraction of sp³-hybridized carbons (Fsp3) is 0.615. The van der Waals surface area contributed by atoms with E-state index in [0.29, 0.717) is 0 Å². The van der Waals surface area contributed by atoms with Gasteiger partial charge in [0.1, 0.15) is 0 Å². The van der Waals surface area contributed by atoms with Crippen LogP contribution < -0.4 is 0 Å². The van der Waals surface area contributed by atoms with Crippen LogP contribution in [0.25, 0.3) is 0 Å². The predicted octanol–water partition coefficient (Wildman–Crippen LogP) is 0.998. The van der Waals surface area contributed by atoms with Gasteiger partial charge in [-0.1, -0.05) is 11.8 Å². The fourth-order valence-electron chi connectivity index (χ4n) is 2.17. The van der Waals surface area contributed by atoms with Crippen LogP contribution >= 0.6 is 11.8 Å². The molecule has 1 aromatic heterocycles. The van der Waals surface area contributed by atoms with Gasteiger partial charge in [0.2, 0.25) is 0 Å². The van der Waals surface area contributed by atoms with Crippen LogP contribution in [0.15, 0.2) is 17.6 Å². The zero-order valence-corrected chi connectivity index (χ0v) is 13.1. The molecule has 0 N–H and O–H groups in total. The van der Waals surface area contributed by atoms with E-state index < -0.39 is 0 Å². The third-order valence-electron chi connectivity index (χ3n) is 3.30. The van der Waals surface area contributed by atoms with Crippen molar-refractivity contribution >= 4 is 17.8 Å². The lowest BCUT2D eigenvalue weighted by molar-refractivity contribution is 0.120. The molecule has 1 aliphatic rings. The summed E-state index contributed by atoms with van der Waals surface area (Å²) in [5.74, 6) is 0. The summed E-state index contributed by atoms with van der Waals surface area (Å²) in [4.78, 5) is 26.3. The molecule has 0 aliphatic carbocycles. The first kappa shape index (κ1) is 15.1. The Hall–Kier alpha value is -1.34. The minimum atomic E-state index is 0.0947. The standard InChI is InChI=1S/C13H21N5OS/c1-16(2)13(19)18-6-4-17(5-7-18)10-11-8-14-12(20-3)15-9-11/h8-9H,4-7,10H2,1-3H3. The molecule has 1 fully saturated rings. The first-order valence-corrected chi connectivity index (χ1v) is 7.86. The summed E-state index contributed by atoms with van der Waals surface area (Å²) in [5, 5.41) is 0.801. The fourth-order valence-corrected chi connectivity index (χ4v) is 2.48. The second-order valence-electron chi connectivity index (χ2n) is 5.02. The van der Waals surface area contributed by atoms with E-state index in [9.17, 15) is 4.79 Å². The maximum atomic E-state index is 11.8. The normalized spacial score (nSPS) is 16.2. The van der Waals surface area contributed by atoms with Gasteiger partial charge in [-0.2, -0.15) is 0 Å². The highest BCUT2D eigenvalue weighted by Gasteiger charge is 2.22. The maximum Gasteiger partial charge on any atom is 0.319 e. The molecule has 2 heterocycles. The van der Waals surface area contributed by atoms with E-state index in [0.717, 1.165) is 43.4 Å². The van der Waals surface area contributed by atoms with Gasteiger partial charge < -0.3 is 9.80 Å². The molecule has 0 unspecified atom stereocenters. The van der Waals surface area contributed by atoms with Gasteiger partial charge in [-0.05, 0) is 6.26 Å². The molecule has 0 atom stereocenters. The van der Waals surface area contributed by atoms with Crippen molar-refractivity contribution in [1.29, 1.82) is 0 Å². The molecule has 0 radical (unpaired) electrons. The van der Waals surface area contributed by atoms with Crippen molar-refractivity contribution in [2.24, 2.45) is 0 Å². The lowest BCUT2D eigenvalue weighted by atomic mass is 10.2. The zero-order chi connectivity index (χ0) is 14.5. The van der Waals surface area contributed by atoms with Gasteiger partial charge in [0.15, 0.2) is 5.16 Å². The maximum absolute atomic E-state index is 11.8. The highest BCUT2D eigenvalue weighted by Crippen LogP contribution is 2.11. The van der Waals surface area contributed by atoms with Crippen LogP contribution in [-0.4, -0.2) is 77.2 Å². The molecule has 0 bridgehead atoms. The second-order valence-corrected chi connectivity index (χ2v) is 5.79. The lowest BCUT2D eigenvalue weighted by Crippen LogP contribution is -2.51. The van der Waals surface area contributed by atoms with Gasteiger partial charge in [-0.15, -0.1) is 0 Å². The molecule has 7 heteroatoms. The Morgan fingerprint density at radius 2 is 1.85 bits per heavy atom. The summed E-state index contributed by atoms with van der Waals surface area (Å²) in [6, 6.07) is 0.0947. The van der Waals surface area contributed by atoms with Crippen molar-refractivity contribution in [2.45, 2.75) is 11.7 Å².